The monoisotopic (exact) mass is 394 g/mol. The average Bonchev–Trinajstić information content (AvgIpc) is 3.00. The molecule has 2 aromatic heterocycles. The Hall–Kier alpha value is -2.28. The summed E-state index contributed by atoms with van der Waals surface area (Å²) in [6, 6.07) is 7.51. The first-order chi connectivity index (χ1) is 12.8. The predicted molar refractivity (Wildman–Crippen MR) is 99.7 cm³/mol. The van der Waals surface area contributed by atoms with Gasteiger partial charge in [0.15, 0.2) is 0 Å². The number of anilines is 1. The first-order valence-electron chi connectivity index (χ1n) is 8.83. The molecule has 8 heteroatoms. The Balaban J connectivity index is 1.95. The molecular weight excluding hydrogens is 377 g/mol. The van der Waals surface area contributed by atoms with Crippen molar-refractivity contribution < 1.29 is 13.2 Å². The molecular formula is C19H18ClF3N4. The van der Waals surface area contributed by atoms with E-state index in [2.05, 4.69) is 9.88 Å². The Morgan fingerprint density at radius 2 is 1.78 bits per heavy atom. The number of aryl methyl sites for hydroxylation is 1. The standard InChI is InChI=1S/C19H18ClF3N4/c1-12-10-14-15(11-13(12)20)27(18(24-14)26-8-3-2-4-9-26)17-7-5-6-16(25-17)19(21,22)23/h5-7,10-11H,2-4,8-9H2,1H3. The highest BCUT2D eigenvalue weighted by atomic mass is 35.5. The molecule has 0 spiro atoms. The normalized spacial score (nSPS) is 15.5. The zero-order chi connectivity index (χ0) is 19.2. The summed E-state index contributed by atoms with van der Waals surface area (Å²) in [5.41, 5.74) is 1.29. The molecule has 0 bridgehead atoms. The number of alkyl halides is 3. The summed E-state index contributed by atoms with van der Waals surface area (Å²) in [5.74, 6) is 0.797. The number of pyridine rings is 1. The molecule has 4 nitrogen and oxygen atoms in total. The number of hydrogen-bond acceptors (Lipinski definition) is 3. The van der Waals surface area contributed by atoms with Crippen LogP contribution in [-0.2, 0) is 6.18 Å². The van der Waals surface area contributed by atoms with Crippen LogP contribution in [0.1, 0.15) is 30.5 Å². The van der Waals surface area contributed by atoms with Crippen molar-refractivity contribution in [1.82, 2.24) is 14.5 Å². The van der Waals surface area contributed by atoms with Gasteiger partial charge in [-0.3, -0.25) is 4.57 Å². The molecule has 0 atom stereocenters. The molecule has 3 heterocycles. The molecule has 142 valence electrons. The first kappa shape index (κ1) is 18.1. The third-order valence-electron chi connectivity index (χ3n) is 4.81. The van der Waals surface area contributed by atoms with Crippen LogP contribution in [0.3, 0.4) is 0 Å². The van der Waals surface area contributed by atoms with Gasteiger partial charge >= 0.3 is 6.18 Å². The lowest BCUT2D eigenvalue weighted by Crippen LogP contribution is -2.31. The second kappa shape index (κ2) is 6.71. The van der Waals surface area contributed by atoms with Crippen LogP contribution in [0.2, 0.25) is 5.02 Å². The minimum atomic E-state index is -4.51. The van der Waals surface area contributed by atoms with E-state index in [0.717, 1.165) is 44.0 Å². The maximum atomic E-state index is 13.2. The van der Waals surface area contributed by atoms with Gasteiger partial charge in [-0.15, -0.1) is 0 Å². The van der Waals surface area contributed by atoms with Crippen LogP contribution in [0, 0.1) is 6.92 Å². The minimum absolute atomic E-state index is 0.188. The second-order valence-electron chi connectivity index (χ2n) is 6.76. The SMILES string of the molecule is Cc1cc2nc(N3CCCCC3)n(-c3cccc(C(F)(F)F)n3)c2cc1Cl. The molecule has 1 aromatic carbocycles. The van der Waals surface area contributed by atoms with E-state index in [-0.39, 0.29) is 5.82 Å². The lowest BCUT2D eigenvalue weighted by Gasteiger charge is -2.28. The maximum absolute atomic E-state index is 13.2. The molecule has 0 unspecified atom stereocenters. The number of hydrogen-bond donors (Lipinski definition) is 0. The number of aromatic nitrogens is 3. The lowest BCUT2D eigenvalue weighted by molar-refractivity contribution is -0.141. The van der Waals surface area contributed by atoms with E-state index in [1.54, 1.807) is 16.7 Å². The van der Waals surface area contributed by atoms with Gasteiger partial charge in [-0.1, -0.05) is 17.7 Å². The van der Waals surface area contributed by atoms with E-state index in [0.29, 0.717) is 22.0 Å². The summed E-state index contributed by atoms with van der Waals surface area (Å²) in [6.45, 7) is 3.51. The summed E-state index contributed by atoms with van der Waals surface area (Å²) in [6.07, 6.45) is -1.31. The number of benzene rings is 1. The van der Waals surface area contributed by atoms with Gasteiger partial charge in [0.1, 0.15) is 11.5 Å². The van der Waals surface area contributed by atoms with Crippen molar-refractivity contribution >= 4 is 28.6 Å². The van der Waals surface area contributed by atoms with Gasteiger partial charge in [0, 0.05) is 18.1 Å². The largest absolute Gasteiger partial charge is 0.433 e. The van der Waals surface area contributed by atoms with E-state index >= 15 is 0 Å². The Labute approximate surface area is 159 Å². The maximum Gasteiger partial charge on any atom is 0.433 e. The molecule has 0 aliphatic carbocycles. The highest BCUT2D eigenvalue weighted by Gasteiger charge is 2.33. The number of nitrogens with zero attached hydrogens (tertiary/aromatic N) is 4. The summed E-state index contributed by atoms with van der Waals surface area (Å²) >= 11 is 6.29. The van der Waals surface area contributed by atoms with Crippen molar-refractivity contribution in [2.24, 2.45) is 0 Å². The number of halogens is 4. The first-order valence-corrected chi connectivity index (χ1v) is 9.20. The van der Waals surface area contributed by atoms with Crippen molar-refractivity contribution in [3.63, 3.8) is 0 Å². The van der Waals surface area contributed by atoms with E-state index in [1.165, 1.54) is 6.07 Å². The van der Waals surface area contributed by atoms with E-state index < -0.39 is 11.9 Å². The van der Waals surface area contributed by atoms with Gasteiger partial charge in [-0.2, -0.15) is 13.2 Å². The molecule has 1 saturated heterocycles. The smallest absolute Gasteiger partial charge is 0.342 e. The second-order valence-corrected chi connectivity index (χ2v) is 7.17. The van der Waals surface area contributed by atoms with Gasteiger partial charge in [-0.05, 0) is 56.0 Å². The molecule has 3 aromatic rings. The molecule has 0 saturated carbocycles. The van der Waals surface area contributed by atoms with Crippen molar-refractivity contribution in [2.45, 2.75) is 32.4 Å². The number of imidazole rings is 1. The molecule has 0 N–H and O–H groups in total. The fourth-order valence-corrected chi connectivity index (χ4v) is 3.59. The van der Waals surface area contributed by atoms with E-state index in [1.807, 2.05) is 13.0 Å². The quantitative estimate of drug-likeness (QED) is 0.584. The molecule has 1 aliphatic heterocycles. The number of fused-ring (bicyclic) bond motifs is 1. The van der Waals surface area contributed by atoms with Gasteiger partial charge in [-0.25, -0.2) is 9.97 Å². The third-order valence-corrected chi connectivity index (χ3v) is 5.22. The van der Waals surface area contributed by atoms with Crippen LogP contribution < -0.4 is 4.90 Å². The fourth-order valence-electron chi connectivity index (χ4n) is 3.43. The number of piperidine rings is 1. The topological polar surface area (TPSA) is 34.0 Å². The zero-order valence-corrected chi connectivity index (χ0v) is 15.5. The van der Waals surface area contributed by atoms with Gasteiger partial charge in [0.05, 0.1) is 11.0 Å². The van der Waals surface area contributed by atoms with Crippen LogP contribution in [0.4, 0.5) is 19.1 Å². The minimum Gasteiger partial charge on any atom is -0.342 e. The molecule has 0 amide bonds. The average molecular weight is 395 g/mol. The Morgan fingerprint density at radius 1 is 1.04 bits per heavy atom. The predicted octanol–water partition coefficient (Wildman–Crippen LogP) is 5.39. The van der Waals surface area contributed by atoms with Gasteiger partial charge < -0.3 is 4.90 Å². The summed E-state index contributed by atoms with van der Waals surface area (Å²) in [4.78, 5) is 10.7. The lowest BCUT2D eigenvalue weighted by atomic mass is 10.1. The van der Waals surface area contributed by atoms with Crippen molar-refractivity contribution in [1.29, 1.82) is 0 Å². The summed E-state index contributed by atoms with van der Waals surface area (Å²) in [7, 11) is 0. The van der Waals surface area contributed by atoms with Crippen LogP contribution in [0.5, 0.6) is 0 Å². The highest BCUT2D eigenvalue weighted by molar-refractivity contribution is 6.32. The van der Waals surface area contributed by atoms with E-state index in [4.69, 9.17) is 16.6 Å². The van der Waals surface area contributed by atoms with Crippen LogP contribution >= 0.6 is 11.6 Å². The van der Waals surface area contributed by atoms with Gasteiger partial charge in [0.2, 0.25) is 5.95 Å². The Kier molecular flexibility index (Phi) is 4.50. The third kappa shape index (κ3) is 3.36. The fraction of sp³-hybridized carbons (Fsp3) is 0.368. The molecule has 1 fully saturated rings. The number of rotatable bonds is 2. The van der Waals surface area contributed by atoms with Crippen molar-refractivity contribution in [3.05, 3.63) is 46.6 Å². The summed E-state index contributed by atoms with van der Waals surface area (Å²) in [5, 5.41) is 0.542. The van der Waals surface area contributed by atoms with Crippen LogP contribution in [0.25, 0.3) is 16.9 Å². The molecule has 4 rings (SSSR count). The summed E-state index contributed by atoms with van der Waals surface area (Å²) < 4.78 is 41.2. The van der Waals surface area contributed by atoms with Crippen LogP contribution in [-0.4, -0.2) is 27.6 Å². The Bertz CT molecular complexity index is 991. The highest BCUT2D eigenvalue weighted by Crippen LogP contribution is 2.33. The zero-order valence-electron chi connectivity index (χ0n) is 14.7. The van der Waals surface area contributed by atoms with E-state index in [9.17, 15) is 13.2 Å². The Morgan fingerprint density at radius 3 is 2.48 bits per heavy atom. The van der Waals surface area contributed by atoms with Gasteiger partial charge in [0.25, 0.3) is 0 Å². The van der Waals surface area contributed by atoms with Crippen LogP contribution in [0.15, 0.2) is 30.3 Å². The molecule has 0 radical (unpaired) electrons. The van der Waals surface area contributed by atoms with Crippen molar-refractivity contribution in [3.8, 4) is 5.82 Å². The van der Waals surface area contributed by atoms with Crippen molar-refractivity contribution in [2.75, 3.05) is 18.0 Å². The molecule has 1 aliphatic rings. The molecule has 27 heavy (non-hydrogen) atoms.